The molecule has 0 fully saturated rings. The van der Waals surface area contributed by atoms with Crippen LogP contribution in [0.1, 0.15) is 31.9 Å². The maximum absolute atomic E-state index is 13.1. The van der Waals surface area contributed by atoms with E-state index in [1.807, 2.05) is 13.8 Å². The predicted octanol–water partition coefficient (Wildman–Crippen LogP) is 4.21. The summed E-state index contributed by atoms with van der Waals surface area (Å²) in [5, 5.41) is 4.11. The zero-order valence-electron chi connectivity index (χ0n) is 10.1. The Bertz CT molecular complexity index is 547. The monoisotopic (exact) mass is 254 g/mol. The van der Waals surface area contributed by atoms with Crippen LogP contribution < -0.4 is 0 Å². The van der Waals surface area contributed by atoms with Crippen LogP contribution in [-0.2, 0) is 0 Å². The second kappa shape index (κ2) is 4.84. The predicted molar refractivity (Wildman–Crippen MR) is 63.0 cm³/mol. The van der Waals surface area contributed by atoms with Crippen molar-refractivity contribution in [2.75, 3.05) is 0 Å². The first kappa shape index (κ1) is 12.7. The van der Waals surface area contributed by atoms with Crippen LogP contribution in [0.4, 0.5) is 13.2 Å². The number of nitrogens with zero attached hydrogens (tertiary/aromatic N) is 2. The maximum Gasteiger partial charge on any atom is 0.267 e. The lowest BCUT2D eigenvalue weighted by atomic mass is 10.1. The Balaban J connectivity index is 2.55. The van der Waals surface area contributed by atoms with Gasteiger partial charge < -0.3 is 0 Å². The number of hydrogen-bond donors (Lipinski definition) is 0. The summed E-state index contributed by atoms with van der Waals surface area (Å²) < 4.78 is 40.5. The van der Waals surface area contributed by atoms with Crippen molar-refractivity contribution in [3.8, 4) is 11.3 Å². The first-order valence-corrected chi connectivity index (χ1v) is 5.62. The van der Waals surface area contributed by atoms with E-state index in [0.717, 1.165) is 0 Å². The Morgan fingerprint density at radius 2 is 1.94 bits per heavy atom. The minimum absolute atomic E-state index is 0.0233. The fourth-order valence-corrected chi connectivity index (χ4v) is 1.69. The molecule has 0 spiro atoms. The molecule has 1 aromatic heterocycles. The number of aromatic nitrogens is 2. The highest BCUT2D eigenvalue weighted by molar-refractivity contribution is 5.63. The molecule has 18 heavy (non-hydrogen) atoms. The van der Waals surface area contributed by atoms with Gasteiger partial charge in [0.2, 0.25) is 0 Å². The van der Waals surface area contributed by atoms with Gasteiger partial charge in [0.25, 0.3) is 6.43 Å². The van der Waals surface area contributed by atoms with E-state index in [1.165, 1.54) is 29.1 Å². The summed E-state index contributed by atoms with van der Waals surface area (Å²) in [7, 11) is 0. The molecule has 0 unspecified atom stereocenters. The van der Waals surface area contributed by atoms with Crippen molar-refractivity contribution in [1.29, 1.82) is 0 Å². The average Bonchev–Trinajstić information content (AvgIpc) is 2.73. The van der Waals surface area contributed by atoms with Crippen molar-refractivity contribution in [1.82, 2.24) is 9.78 Å². The molecule has 0 N–H and O–H groups in total. The minimum Gasteiger partial charge on any atom is -0.269 e. The molecule has 0 saturated heterocycles. The summed E-state index contributed by atoms with van der Waals surface area (Å²) >= 11 is 0. The molecule has 0 aliphatic rings. The third-order valence-electron chi connectivity index (χ3n) is 2.62. The van der Waals surface area contributed by atoms with Gasteiger partial charge in [-0.15, -0.1) is 0 Å². The second-order valence-electron chi connectivity index (χ2n) is 4.32. The van der Waals surface area contributed by atoms with Crippen molar-refractivity contribution in [2.24, 2.45) is 0 Å². The van der Waals surface area contributed by atoms with Crippen LogP contribution in [0, 0.1) is 5.82 Å². The summed E-state index contributed by atoms with van der Waals surface area (Å²) in [6.07, 6.45) is -1.31. The van der Waals surface area contributed by atoms with E-state index >= 15 is 0 Å². The molecule has 2 rings (SSSR count). The van der Waals surface area contributed by atoms with Crippen LogP contribution in [0.2, 0.25) is 0 Å². The van der Waals surface area contributed by atoms with Crippen molar-refractivity contribution in [3.63, 3.8) is 0 Å². The molecule has 0 atom stereocenters. The van der Waals surface area contributed by atoms with Gasteiger partial charge in [0.05, 0.1) is 5.56 Å². The largest absolute Gasteiger partial charge is 0.269 e. The van der Waals surface area contributed by atoms with E-state index in [1.54, 1.807) is 6.07 Å². The third-order valence-corrected chi connectivity index (χ3v) is 2.62. The molecule has 1 heterocycles. The van der Waals surface area contributed by atoms with Gasteiger partial charge in [0.15, 0.2) is 0 Å². The lowest BCUT2D eigenvalue weighted by Crippen LogP contribution is -2.00. The smallest absolute Gasteiger partial charge is 0.267 e. The average molecular weight is 254 g/mol. The van der Waals surface area contributed by atoms with Gasteiger partial charge in [0, 0.05) is 17.8 Å². The van der Waals surface area contributed by atoms with Crippen molar-refractivity contribution in [2.45, 2.75) is 26.3 Å². The fourth-order valence-electron chi connectivity index (χ4n) is 1.69. The van der Waals surface area contributed by atoms with Crippen LogP contribution >= 0.6 is 0 Å². The highest BCUT2D eigenvalue weighted by Gasteiger charge is 2.20. The van der Waals surface area contributed by atoms with E-state index in [4.69, 9.17) is 0 Å². The zero-order chi connectivity index (χ0) is 13.3. The van der Waals surface area contributed by atoms with Crippen LogP contribution in [-0.4, -0.2) is 9.78 Å². The second-order valence-corrected chi connectivity index (χ2v) is 4.32. The maximum atomic E-state index is 13.1. The van der Waals surface area contributed by atoms with Gasteiger partial charge in [0.1, 0.15) is 11.5 Å². The minimum atomic E-state index is -2.63. The van der Waals surface area contributed by atoms with Crippen LogP contribution in [0.5, 0.6) is 0 Å². The van der Waals surface area contributed by atoms with Crippen molar-refractivity contribution >= 4 is 0 Å². The van der Waals surface area contributed by atoms with E-state index in [0.29, 0.717) is 5.56 Å². The summed E-state index contributed by atoms with van der Waals surface area (Å²) in [6, 6.07) is 5.50. The number of benzene rings is 1. The van der Waals surface area contributed by atoms with E-state index in [9.17, 15) is 13.2 Å². The van der Waals surface area contributed by atoms with Gasteiger partial charge in [-0.1, -0.05) is 12.1 Å². The van der Waals surface area contributed by atoms with E-state index in [2.05, 4.69) is 5.10 Å². The van der Waals surface area contributed by atoms with Crippen LogP contribution in [0.25, 0.3) is 11.3 Å². The van der Waals surface area contributed by atoms with Crippen LogP contribution in [0.3, 0.4) is 0 Å². The molecule has 0 amide bonds. The Hall–Kier alpha value is -1.78. The Morgan fingerprint density at radius 1 is 1.22 bits per heavy atom. The zero-order valence-corrected chi connectivity index (χ0v) is 10.1. The molecule has 0 bridgehead atoms. The lowest BCUT2D eigenvalue weighted by molar-refractivity contribution is 0.152. The number of alkyl halides is 2. The highest BCUT2D eigenvalue weighted by atomic mass is 19.3. The number of halogens is 3. The summed E-state index contributed by atoms with van der Waals surface area (Å²) in [6.45, 7) is 3.69. The molecule has 0 saturated carbocycles. The first-order chi connectivity index (χ1) is 8.49. The van der Waals surface area contributed by atoms with Gasteiger partial charge in [-0.2, -0.15) is 5.10 Å². The molecular formula is C13H13F3N2. The van der Waals surface area contributed by atoms with Crippen LogP contribution in [0.15, 0.2) is 30.5 Å². The molecule has 96 valence electrons. The molecule has 0 radical (unpaired) electrons. The van der Waals surface area contributed by atoms with E-state index < -0.39 is 12.2 Å². The highest BCUT2D eigenvalue weighted by Crippen LogP contribution is 2.31. The van der Waals surface area contributed by atoms with Crippen molar-refractivity contribution < 1.29 is 13.2 Å². The molecule has 2 aromatic rings. The lowest BCUT2D eigenvalue weighted by Gasteiger charge is -2.03. The summed E-state index contributed by atoms with van der Waals surface area (Å²) in [4.78, 5) is 0. The summed E-state index contributed by atoms with van der Waals surface area (Å²) in [5.41, 5.74) is 0.331. The molecule has 0 aliphatic heterocycles. The molecule has 5 heteroatoms. The van der Waals surface area contributed by atoms with Crippen molar-refractivity contribution in [3.05, 3.63) is 41.8 Å². The van der Waals surface area contributed by atoms with E-state index in [-0.39, 0.29) is 17.3 Å². The van der Waals surface area contributed by atoms with Gasteiger partial charge in [-0.3, -0.25) is 4.68 Å². The van der Waals surface area contributed by atoms with Gasteiger partial charge in [-0.05, 0) is 26.0 Å². The normalized spacial score (nSPS) is 11.5. The molecule has 0 aliphatic carbocycles. The fraction of sp³-hybridized carbons (Fsp3) is 0.308. The third kappa shape index (κ3) is 2.39. The van der Waals surface area contributed by atoms with Gasteiger partial charge in [-0.25, -0.2) is 13.2 Å². The van der Waals surface area contributed by atoms with Gasteiger partial charge >= 0.3 is 0 Å². The quantitative estimate of drug-likeness (QED) is 0.802. The topological polar surface area (TPSA) is 17.8 Å². The summed E-state index contributed by atoms with van der Waals surface area (Å²) in [5.74, 6) is -0.466. The molecule has 2 nitrogen and oxygen atoms in total. The molecule has 1 aromatic carbocycles. The Kier molecular flexibility index (Phi) is 3.41. The standard InChI is InChI=1S/C13H13F3N2/c1-8(2)18-7-11(13(15)16)12(17-18)9-4-3-5-10(14)6-9/h3-8,13H,1-2H3. The Labute approximate surface area is 103 Å². The Morgan fingerprint density at radius 3 is 2.50 bits per heavy atom. The molecular weight excluding hydrogens is 241 g/mol. The first-order valence-electron chi connectivity index (χ1n) is 5.62. The SMILES string of the molecule is CC(C)n1cc(C(F)F)c(-c2cccc(F)c2)n1. The number of hydrogen-bond acceptors (Lipinski definition) is 1. The number of rotatable bonds is 3.